The number of hydrogen-bond acceptors (Lipinski definition) is 2. The zero-order chi connectivity index (χ0) is 11.1. The maximum Gasteiger partial charge on any atom is 0.0667 e. The standard InChI is InChI=1S/C13H21NO/c1-11(2)8-13(15)10-14-9-12-6-4-3-5-7-12/h3-7,11,13-15H,8-10H2,1-2H3/t13-/m1/s1. The number of aliphatic hydroxyl groups excluding tert-OH is 1. The molecule has 0 saturated carbocycles. The maximum atomic E-state index is 9.64. The van der Waals surface area contributed by atoms with Gasteiger partial charge in [-0.25, -0.2) is 0 Å². The zero-order valence-corrected chi connectivity index (χ0v) is 9.61. The highest BCUT2D eigenvalue weighted by Gasteiger charge is 2.05. The van der Waals surface area contributed by atoms with Crippen LogP contribution in [0, 0.1) is 5.92 Å². The van der Waals surface area contributed by atoms with Crippen molar-refractivity contribution in [1.82, 2.24) is 5.32 Å². The Kier molecular flexibility index (Phi) is 5.37. The third-order valence-corrected chi connectivity index (χ3v) is 2.30. The molecule has 1 aromatic carbocycles. The Morgan fingerprint density at radius 3 is 2.47 bits per heavy atom. The predicted molar refractivity (Wildman–Crippen MR) is 63.6 cm³/mol. The van der Waals surface area contributed by atoms with Gasteiger partial charge < -0.3 is 10.4 Å². The number of rotatable bonds is 6. The van der Waals surface area contributed by atoms with E-state index in [4.69, 9.17) is 0 Å². The summed E-state index contributed by atoms with van der Waals surface area (Å²) in [5.41, 5.74) is 1.26. The van der Waals surface area contributed by atoms with Crippen molar-refractivity contribution in [1.29, 1.82) is 0 Å². The van der Waals surface area contributed by atoms with Gasteiger partial charge in [-0.15, -0.1) is 0 Å². The number of benzene rings is 1. The second kappa shape index (κ2) is 6.59. The number of nitrogens with one attached hydrogen (secondary N) is 1. The molecule has 2 N–H and O–H groups in total. The molecular weight excluding hydrogens is 186 g/mol. The van der Waals surface area contributed by atoms with Gasteiger partial charge in [0.2, 0.25) is 0 Å². The van der Waals surface area contributed by atoms with Crippen LogP contribution in [0.1, 0.15) is 25.8 Å². The SMILES string of the molecule is CC(C)C[C@@H](O)CNCc1ccccc1. The fourth-order valence-corrected chi connectivity index (χ4v) is 1.61. The Balaban J connectivity index is 2.16. The summed E-state index contributed by atoms with van der Waals surface area (Å²) in [5.74, 6) is 0.554. The van der Waals surface area contributed by atoms with Crippen LogP contribution in [0.25, 0.3) is 0 Å². The van der Waals surface area contributed by atoms with Gasteiger partial charge in [0.25, 0.3) is 0 Å². The summed E-state index contributed by atoms with van der Waals surface area (Å²) in [6.07, 6.45) is 0.635. The Bertz CT molecular complexity index is 258. The third-order valence-electron chi connectivity index (χ3n) is 2.30. The molecule has 0 heterocycles. The van der Waals surface area contributed by atoms with Gasteiger partial charge in [0.1, 0.15) is 0 Å². The summed E-state index contributed by atoms with van der Waals surface area (Å²) < 4.78 is 0. The molecule has 0 saturated heterocycles. The monoisotopic (exact) mass is 207 g/mol. The van der Waals surface area contributed by atoms with Crippen LogP contribution in [-0.4, -0.2) is 17.8 Å². The van der Waals surface area contributed by atoms with E-state index in [0.717, 1.165) is 13.0 Å². The minimum Gasteiger partial charge on any atom is -0.392 e. The molecule has 2 heteroatoms. The second-order valence-corrected chi connectivity index (χ2v) is 4.40. The van der Waals surface area contributed by atoms with Crippen LogP contribution in [0.5, 0.6) is 0 Å². The molecule has 0 fully saturated rings. The first-order chi connectivity index (χ1) is 7.18. The molecule has 0 aliphatic carbocycles. The third kappa shape index (κ3) is 5.55. The van der Waals surface area contributed by atoms with Crippen molar-refractivity contribution in [3.63, 3.8) is 0 Å². The van der Waals surface area contributed by atoms with Crippen LogP contribution < -0.4 is 5.32 Å². The Morgan fingerprint density at radius 1 is 1.20 bits per heavy atom. The first-order valence-corrected chi connectivity index (χ1v) is 5.61. The topological polar surface area (TPSA) is 32.3 Å². The van der Waals surface area contributed by atoms with Crippen molar-refractivity contribution in [3.8, 4) is 0 Å². The maximum absolute atomic E-state index is 9.64. The lowest BCUT2D eigenvalue weighted by atomic mass is 10.1. The minimum atomic E-state index is -0.228. The quantitative estimate of drug-likeness (QED) is 0.749. The molecule has 0 aliphatic rings. The summed E-state index contributed by atoms with van der Waals surface area (Å²) in [6, 6.07) is 10.2. The van der Waals surface area contributed by atoms with E-state index in [0.29, 0.717) is 12.5 Å². The lowest BCUT2D eigenvalue weighted by Gasteiger charge is -2.13. The van der Waals surface area contributed by atoms with Crippen molar-refractivity contribution >= 4 is 0 Å². The number of aliphatic hydroxyl groups is 1. The van der Waals surface area contributed by atoms with E-state index in [1.807, 2.05) is 18.2 Å². The summed E-state index contributed by atoms with van der Waals surface area (Å²) in [6.45, 7) is 5.75. The van der Waals surface area contributed by atoms with Gasteiger partial charge in [-0.2, -0.15) is 0 Å². The molecule has 15 heavy (non-hydrogen) atoms. The normalized spacial score (nSPS) is 13.1. The second-order valence-electron chi connectivity index (χ2n) is 4.40. The summed E-state index contributed by atoms with van der Waals surface area (Å²) in [7, 11) is 0. The predicted octanol–water partition coefficient (Wildman–Crippen LogP) is 2.18. The largest absolute Gasteiger partial charge is 0.392 e. The van der Waals surface area contributed by atoms with E-state index in [2.05, 4.69) is 31.3 Å². The van der Waals surface area contributed by atoms with Crippen LogP contribution in [0.3, 0.4) is 0 Å². The molecule has 0 bridgehead atoms. The Hall–Kier alpha value is -0.860. The molecule has 1 rings (SSSR count). The van der Waals surface area contributed by atoms with Crippen molar-refractivity contribution in [2.45, 2.75) is 32.9 Å². The lowest BCUT2D eigenvalue weighted by Crippen LogP contribution is -2.27. The van der Waals surface area contributed by atoms with E-state index in [9.17, 15) is 5.11 Å². The first kappa shape index (κ1) is 12.2. The fraction of sp³-hybridized carbons (Fsp3) is 0.538. The van der Waals surface area contributed by atoms with E-state index >= 15 is 0 Å². The van der Waals surface area contributed by atoms with Gasteiger partial charge in [0, 0.05) is 13.1 Å². The van der Waals surface area contributed by atoms with Crippen LogP contribution >= 0.6 is 0 Å². The van der Waals surface area contributed by atoms with E-state index in [1.54, 1.807) is 0 Å². The average molecular weight is 207 g/mol. The smallest absolute Gasteiger partial charge is 0.0667 e. The van der Waals surface area contributed by atoms with Crippen molar-refractivity contribution < 1.29 is 5.11 Å². The first-order valence-electron chi connectivity index (χ1n) is 5.61. The van der Waals surface area contributed by atoms with E-state index in [-0.39, 0.29) is 6.10 Å². The highest BCUT2D eigenvalue weighted by molar-refractivity contribution is 5.14. The molecular formula is C13H21NO. The fourth-order valence-electron chi connectivity index (χ4n) is 1.61. The molecule has 84 valence electrons. The Morgan fingerprint density at radius 2 is 1.87 bits per heavy atom. The molecule has 1 aromatic rings. The van der Waals surface area contributed by atoms with Crippen molar-refractivity contribution in [2.75, 3.05) is 6.54 Å². The van der Waals surface area contributed by atoms with Crippen LogP contribution in [0.4, 0.5) is 0 Å². The van der Waals surface area contributed by atoms with Crippen LogP contribution in [0.15, 0.2) is 30.3 Å². The van der Waals surface area contributed by atoms with Crippen LogP contribution in [-0.2, 0) is 6.54 Å². The van der Waals surface area contributed by atoms with Gasteiger partial charge in [-0.3, -0.25) is 0 Å². The van der Waals surface area contributed by atoms with Gasteiger partial charge in [0.05, 0.1) is 6.10 Å². The van der Waals surface area contributed by atoms with E-state index in [1.165, 1.54) is 5.56 Å². The van der Waals surface area contributed by atoms with E-state index < -0.39 is 0 Å². The molecule has 0 aliphatic heterocycles. The molecule has 2 nitrogen and oxygen atoms in total. The van der Waals surface area contributed by atoms with Gasteiger partial charge in [0.15, 0.2) is 0 Å². The highest BCUT2D eigenvalue weighted by atomic mass is 16.3. The van der Waals surface area contributed by atoms with Crippen molar-refractivity contribution in [3.05, 3.63) is 35.9 Å². The van der Waals surface area contributed by atoms with Crippen LogP contribution in [0.2, 0.25) is 0 Å². The lowest BCUT2D eigenvalue weighted by molar-refractivity contribution is 0.146. The summed E-state index contributed by atoms with van der Waals surface area (Å²) >= 11 is 0. The molecule has 0 aromatic heterocycles. The summed E-state index contributed by atoms with van der Waals surface area (Å²) in [4.78, 5) is 0. The molecule has 0 spiro atoms. The van der Waals surface area contributed by atoms with Gasteiger partial charge >= 0.3 is 0 Å². The summed E-state index contributed by atoms with van der Waals surface area (Å²) in [5, 5.41) is 12.9. The zero-order valence-electron chi connectivity index (χ0n) is 9.61. The minimum absolute atomic E-state index is 0.228. The molecule has 0 amide bonds. The van der Waals surface area contributed by atoms with Crippen molar-refractivity contribution in [2.24, 2.45) is 5.92 Å². The molecule has 0 unspecified atom stereocenters. The average Bonchev–Trinajstić information content (AvgIpc) is 2.18. The van der Waals surface area contributed by atoms with Gasteiger partial charge in [-0.1, -0.05) is 44.2 Å². The highest BCUT2D eigenvalue weighted by Crippen LogP contribution is 2.03. The van der Waals surface area contributed by atoms with Gasteiger partial charge in [-0.05, 0) is 17.9 Å². The number of hydrogen-bond donors (Lipinski definition) is 2. The Labute approximate surface area is 92.3 Å². The molecule has 1 atom stereocenters. The molecule has 0 radical (unpaired) electrons.